The first-order valence-corrected chi connectivity index (χ1v) is 14.5. The van der Waals surface area contributed by atoms with Gasteiger partial charge in [-0.2, -0.15) is 0 Å². The number of carbonyl (C=O) groups is 1. The van der Waals surface area contributed by atoms with Gasteiger partial charge in [0, 0.05) is 37.2 Å². The van der Waals surface area contributed by atoms with Gasteiger partial charge < -0.3 is 14.8 Å². The van der Waals surface area contributed by atoms with E-state index in [-0.39, 0.29) is 17.1 Å². The van der Waals surface area contributed by atoms with E-state index in [1.165, 1.54) is 41.7 Å². The number of allylic oxidation sites excluding steroid dienone is 4. The zero-order valence-corrected chi connectivity index (χ0v) is 22.8. The highest BCUT2D eigenvalue weighted by Crippen LogP contribution is 2.67. The largest absolute Gasteiger partial charge is 0.411 e. The van der Waals surface area contributed by atoms with Crippen LogP contribution in [-0.4, -0.2) is 42.5 Å². The fourth-order valence-corrected chi connectivity index (χ4v) is 9.16. The maximum atomic E-state index is 13.2. The van der Waals surface area contributed by atoms with Gasteiger partial charge in [-0.25, -0.2) is 0 Å². The second kappa shape index (κ2) is 9.41. The van der Waals surface area contributed by atoms with Crippen molar-refractivity contribution in [2.24, 2.45) is 22.4 Å². The molecule has 5 nitrogen and oxygen atoms in total. The summed E-state index contributed by atoms with van der Waals surface area (Å²) in [6, 6.07) is 9.38. The molecule has 198 valence electrons. The predicted molar refractivity (Wildman–Crippen MR) is 147 cm³/mol. The van der Waals surface area contributed by atoms with E-state index < -0.39 is 5.60 Å². The van der Waals surface area contributed by atoms with E-state index in [0.29, 0.717) is 11.8 Å². The molecule has 0 unspecified atom stereocenters. The molecule has 1 N–H and O–H groups in total. The lowest BCUT2D eigenvalue weighted by atomic mass is 9.50. The van der Waals surface area contributed by atoms with E-state index in [2.05, 4.69) is 47.3 Å². The van der Waals surface area contributed by atoms with Gasteiger partial charge in [-0.15, -0.1) is 0 Å². The Bertz CT molecular complexity index is 1160. The molecular formula is C32H42N2O3. The maximum Gasteiger partial charge on any atom is 0.162 e. The van der Waals surface area contributed by atoms with Crippen molar-refractivity contribution in [3.63, 3.8) is 0 Å². The van der Waals surface area contributed by atoms with Crippen LogP contribution < -0.4 is 4.90 Å². The third-order valence-corrected chi connectivity index (χ3v) is 10.9. The number of hydrogen-bond acceptors (Lipinski definition) is 5. The molecule has 4 aliphatic carbocycles. The van der Waals surface area contributed by atoms with Gasteiger partial charge in [0.2, 0.25) is 0 Å². The van der Waals surface area contributed by atoms with E-state index in [1.54, 1.807) is 19.6 Å². The van der Waals surface area contributed by atoms with E-state index in [4.69, 9.17) is 4.74 Å². The molecule has 5 heteroatoms. The van der Waals surface area contributed by atoms with Crippen LogP contribution in [0.1, 0.15) is 89.5 Å². The Balaban J connectivity index is 1.46. The Kier molecular flexibility index (Phi) is 6.34. The molecule has 1 aromatic carbocycles. The number of hydrogen-bond donors (Lipinski definition) is 1. The van der Waals surface area contributed by atoms with E-state index in [1.807, 2.05) is 0 Å². The van der Waals surface area contributed by atoms with E-state index in [9.17, 15) is 10.0 Å². The van der Waals surface area contributed by atoms with Crippen LogP contribution in [0, 0.1) is 17.3 Å². The van der Waals surface area contributed by atoms with Crippen molar-refractivity contribution in [1.82, 2.24) is 0 Å². The smallest absolute Gasteiger partial charge is 0.162 e. The molecule has 2 saturated carbocycles. The van der Waals surface area contributed by atoms with Crippen molar-refractivity contribution < 1.29 is 14.7 Å². The number of methoxy groups -OCH3 is 1. The molecule has 0 bridgehead atoms. The van der Waals surface area contributed by atoms with Crippen molar-refractivity contribution in [1.29, 1.82) is 0 Å². The van der Waals surface area contributed by atoms with Crippen molar-refractivity contribution in [3.05, 3.63) is 52.6 Å². The number of fused-ring (bicyclic) bond motifs is 4. The quantitative estimate of drug-likeness (QED) is 0.363. The van der Waals surface area contributed by atoms with Crippen molar-refractivity contribution in [2.75, 3.05) is 25.1 Å². The zero-order chi connectivity index (χ0) is 25.8. The van der Waals surface area contributed by atoms with Crippen molar-refractivity contribution in [2.45, 2.75) is 89.6 Å². The van der Waals surface area contributed by atoms with E-state index in [0.717, 1.165) is 63.7 Å². The molecule has 3 fully saturated rings. The second-order valence-corrected chi connectivity index (χ2v) is 12.4. The molecule has 0 radical (unpaired) electrons. The van der Waals surface area contributed by atoms with Crippen LogP contribution in [0.3, 0.4) is 0 Å². The molecule has 1 heterocycles. The Morgan fingerprint density at radius 2 is 1.84 bits per heavy atom. The van der Waals surface area contributed by atoms with Gasteiger partial charge in [0.05, 0.1) is 5.71 Å². The third kappa shape index (κ3) is 3.75. The number of carbonyl (C=O) groups excluding carboxylic acids is 1. The number of oxime groups is 1. The summed E-state index contributed by atoms with van der Waals surface area (Å²) >= 11 is 0. The number of ether oxygens (including phenoxy) is 1. The highest BCUT2D eigenvalue weighted by Gasteiger charge is 2.65. The minimum absolute atomic E-state index is 0.188. The lowest BCUT2D eigenvalue weighted by Gasteiger charge is -2.55. The van der Waals surface area contributed by atoms with Gasteiger partial charge in [-0.3, -0.25) is 4.79 Å². The van der Waals surface area contributed by atoms with Crippen LogP contribution in [0.4, 0.5) is 5.69 Å². The minimum atomic E-state index is -0.695. The summed E-state index contributed by atoms with van der Waals surface area (Å²) in [4.78, 5) is 15.7. The van der Waals surface area contributed by atoms with Gasteiger partial charge in [-0.1, -0.05) is 29.8 Å². The lowest BCUT2D eigenvalue weighted by Crippen LogP contribution is -2.56. The summed E-state index contributed by atoms with van der Waals surface area (Å²) in [5.41, 5.74) is 7.11. The van der Waals surface area contributed by atoms with Gasteiger partial charge in [0.15, 0.2) is 5.78 Å². The standard InChI is InChI=1S/C32H42N2O3/c1-21(35)32(37-3)16-15-29-27-13-9-23-19-24(33-36)10-14-26(23)30(27)28(20-31(29,32)2)22-7-11-25(12-8-22)34-17-5-4-6-18-34/h7-8,11-12,19,27-29,36H,4-6,9-10,13-18,20H2,1-3H3/t27-,28+,29-,31-,32-/m0/s1. The minimum Gasteiger partial charge on any atom is -0.411 e. The Hall–Kier alpha value is -2.40. The zero-order valence-electron chi connectivity index (χ0n) is 22.8. The Morgan fingerprint density at radius 1 is 1.08 bits per heavy atom. The summed E-state index contributed by atoms with van der Waals surface area (Å²) in [6.07, 6.45) is 12.7. The fourth-order valence-electron chi connectivity index (χ4n) is 9.16. The first kappa shape index (κ1) is 24.9. The molecule has 1 aromatic rings. The SMILES string of the molecule is CO[C@]1(C(C)=O)CC[C@H]2[C@@H]3CCC4=CC(=NO)CCC4=C3[C@@H](c3ccc(N4CCCCC4)cc3)C[C@@]21C. The predicted octanol–water partition coefficient (Wildman–Crippen LogP) is 6.81. The molecule has 1 aliphatic heterocycles. The molecule has 0 amide bonds. The third-order valence-electron chi connectivity index (χ3n) is 10.9. The number of piperidine rings is 1. The topological polar surface area (TPSA) is 62.1 Å². The average Bonchev–Trinajstić information content (AvgIpc) is 3.25. The lowest BCUT2D eigenvalue weighted by molar-refractivity contribution is -0.160. The molecule has 1 saturated heterocycles. The monoisotopic (exact) mass is 502 g/mol. The highest BCUT2D eigenvalue weighted by atomic mass is 16.5. The highest BCUT2D eigenvalue weighted by molar-refractivity contribution is 5.97. The second-order valence-electron chi connectivity index (χ2n) is 12.4. The maximum absolute atomic E-state index is 13.2. The molecule has 5 atom stereocenters. The Morgan fingerprint density at radius 3 is 2.51 bits per heavy atom. The van der Waals surface area contributed by atoms with E-state index >= 15 is 0 Å². The molecule has 0 spiro atoms. The van der Waals surface area contributed by atoms with Crippen molar-refractivity contribution in [3.8, 4) is 0 Å². The van der Waals surface area contributed by atoms with Gasteiger partial charge in [0.1, 0.15) is 5.60 Å². The van der Waals surface area contributed by atoms with Gasteiger partial charge >= 0.3 is 0 Å². The summed E-state index contributed by atoms with van der Waals surface area (Å²) in [6.45, 7) is 6.40. The van der Waals surface area contributed by atoms with Gasteiger partial charge in [-0.05, 0) is 118 Å². The number of nitrogens with zero attached hydrogens (tertiary/aromatic N) is 2. The van der Waals surface area contributed by atoms with Gasteiger partial charge in [0.25, 0.3) is 0 Å². The van der Waals surface area contributed by atoms with Crippen LogP contribution in [-0.2, 0) is 9.53 Å². The van der Waals surface area contributed by atoms with Crippen LogP contribution in [0.25, 0.3) is 0 Å². The van der Waals surface area contributed by atoms with Crippen LogP contribution in [0.2, 0.25) is 0 Å². The first-order chi connectivity index (χ1) is 17.9. The first-order valence-electron chi connectivity index (χ1n) is 14.5. The number of benzene rings is 1. The summed E-state index contributed by atoms with van der Waals surface area (Å²) in [7, 11) is 1.75. The number of rotatable bonds is 4. The summed E-state index contributed by atoms with van der Waals surface area (Å²) < 4.78 is 6.20. The molecular weight excluding hydrogens is 460 g/mol. The summed E-state index contributed by atoms with van der Waals surface area (Å²) in [5.74, 6) is 1.40. The molecule has 6 rings (SSSR count). The Labute approximate surface area is 221 Å². The normalized spacial score (nSPS) is 36.6. The number of anilines is 1. The van der Waals surface area contributed by atoms with Crippen LogP contribution in [0.15, 0.2) is 52.2 Å². The average molecular weight is 503 g/mol. The fraction of sp³-hybridized carbons (Fsp3) is 0.625. The van der Waals surface area contributed by atoms with Crippen LogP contribution >= 0.6 is 0 Å². The van der Waals surface area contributed by atoms with Crippen LogP contribution in [0.5, 0.6) is 0 Å². The van der Waals surface area contributed by atoms with Crippen molar-refractivity contribution >= 4 is 17.2 Å². The molecule has 37 heavy (non-hydrogen) atoms. The molecule has 0 aromatic heterocycles. The summed E-state index contributed by atoms with van der Waals surface area (Å²) in [5, 5.41) is 13.0. The molecule has 5 aliphatic rings. The number of Topliss-reactive ketones (excluding diaryl/α,β-unsaturated/α-hetero) is 1. The number of ketones is 1.